The van der Waals surface area contributed by atoms with Crippen molar-refractivity contribution in [1.82, 2.24) is 19.9 Å². The Bertz CT molecular complexity index is 1870. The largest absolute Gasteiger partial charge is 0.494 e. The van der Waals surface area contributed by atoms with Crippen LogP contribution >= 0.6 is 0 Å². The van der Waals surface area contributed by atoms with Gasteiger partial charge >= 0.3 is 0 Å². The smallest absolute Gasteiger partial charge is 0.138 e. The molecule has 7 rings (SSSR count). The first-order valence-corrected chi connectivity index (χ1v) is 16.5. The molecule has 5 aromatic carbocycles. The van der Waals surface area contributed by atoms with Crippen LogP contribution in [0.2, 0.25) is 0 Å². The van der Waals surface area contributed by atoms with Crippen molar-refractivity contribution in [2.45, 2.75) is 38.8 Å². The van der Waals surface area contributed by atoms with Gasteiger partial charge in [-0.2, -0.15) is 0 Å². The minimum absolute atomic E-state index is 0.646. The summed E-state index contributed by atoms with van der Waals surface area (Å²) in [6.07, 6.45) is 4.17. The molecule has 7 nitrogen and oxygen atoms in total. The van der Waals surface area contributed by atoms with Crippen LogP contribution in [-0.2, 0) is 13.1 Å². The number of aromatic amines is 2. The van der Waals surface area contributed by atoms with Gasteiger partial charge in [-0.1, -0.05) is 54.6 Å². The number of benzene rings is 5. The van der Waals surface area contributed by atoms with E-state index in [1.807, 2.05) is 48.5 Å². The van der Waals surface area contributed by atoms with Gasteiger partial charge in [0, 0.05) is 22.3 Å². The van der Waals surface area contributed by atoms with E-state index in [2.05, 4.69) is 88.1 Å². The van der Waals surface area contributed by atoms with Gasteiger partial charge in [0.15, 0.2) is 0 Å². The zero-order chi connectivity index (χ0) is 31.7. The van der Waals surface area contributed by atoms with E-state index in [-0.39, 0.29) is 0 Å². The number of para-hydroxylation sites is 4. The summed E-state index contributed by atoms with van der Waals surface area (Å²) in [5.41, 5.74) is 8.47. The Hall–Kier alpha value is -5.40. The van der Waals surface area contributed by atoms with E-state index in [9.17, 15) is 0 Å². The number of quaternary nitrogens is 1. The predicted octanol–water partition coefficient (Wildman–Crippen LogP) is 8.06. The molecule has 0 aliphatic carbocycles. The average Bonchev–Trinajstić information content (AvgIpc) is 3.76. The lowest BCUT2D eigenvalue weighted by molar-refractivity contribution is -0.686. The van der Waals surface area contributed by atoms with Crippen molar-refractivity contribution in [2.24, 2.45) is 0 Å². The molecular formula is C40H40N5O2+. The molecule has 0 aliphatic rings. The van der Waals surface area contributed by atoms with Gasteiger partial charge in [-0.25, -0.2) is 9.97 Å². The van der Waals surface area contributed by atoms with Crippen LogP contribution in [0.3, 0.4) is 0 Å². The molecule has 0 aliphatic heterocycles. The molecule has 7 aromatic rings. The number of nitrogens with one attached hydrogen (secondary N) is 2. The van der Waals surface area contributed by atoms with E-state index < -0.39 is 0 Å². The third-order valence-corrected chi connectivity index (χ3v) is 8.33. The van der Waals surface area contributed by atoms with Gasteiger partial charge in [-0.05, 0) is 92.4 Å². The maximum absolute atomic E-state index is 6.30. The first-order chi connectivity index (χ1) is 23.3. The Labute approximate surface area is 275 Å². The van der Waals surface area contributed by atoms with Crippen molar-refractivity contribution in [3.8, 4) is 34.3 Å². The maximum atomic E-state index is 6.30. The molecule has 2 heterocycles. The summed E-state index contributed by atoms with van der Waals surface area (Å²) in [7, 11) is 0. The Kier molecular flexibility index (Phi) is 9.53. The highest BCUT2D eigenvalue weighted by atomic mass is 16.5. The zero-order valence-corrected chi connectivity index (χ0v) is 26.5. The molecule has 236 valence electrons. The topological polar surface area (TPSA) is 92.4 Å². The number of hydrogen-bond acceptors (Lipinski definition) is 4. The number of rotatable bonds is 15. The van der Waals surface area contributed by atoms with Gasteiger partial charge in [-0.15, -0.1) is 0 Å². The minimum atomic E-state index is 0.646. The van der Waals surface area contributed by atoms with Crippen molar-refractivity contribution >= 4 is 22.1 Å². The van der Waals surface area contributed by atoms with Gasteiger partial charge in [0.2, 0.25) is 0 Å². The van der Waals surface area contributed by atoms with E-state index in [0.29, 0.717) is 6.61 Å². The number of unbranched alkanes of at least 4 members (excludes halogenated alkanes) is 3. The molecule has 2 aromatic heterocycles. The molecule has 0 amide bonds. The standard InChI is InChI=1S/C40H39N5O2/c1(10-22-46-33-20-18-30(19-21-33)28-41-27-29-12-4-3-5-13-29)2-11-23-47-34-25-31(39-42-35-14-6-7-15-36(35)43-39)24-32(26-34)40-44-37-16-8-9-17-38(37)45-40/h3-9,12-21,24-26,41H,1-2,10-11,22-23,27-28H2,(H,42,43)(H,44,45)/p+1. The lowest BCUT2D eigenvalue weighted by atomic mass is 10.1. The summed E-state index contributed by atoms with van der Waals surface area (Å²) in [6, 6.07) is 41.5. The quantitative estimate of drug-likeness (QED) is 0.101. The highest BCUT2D eigenvalue weighted by molar-refractivity contribution is 5.83. The predicted molar refractivity (Wildman–Crippen MR) is 188 cm³/mol. The van der Waals surface area contributed by atoms with Crippen LogP contribution in [0.1, 0.15) is 36.8 Å². The Morgan fingerprint density at radius 3 is 1.57 bits per heavy atom. The normalized spacial score (nSPS) is 11.3. The molecule has 0 atom stereocenters. The van der Waals surface area contributed by atoms with E-state index in [1.54, 1.807) is 0 Å². The number of fused-ring (bicyclic) bond motifs is 2. The summed E-state index contributed by atoms with van der Waals surface area (Å²) in [6.45, 7) is 3.32. The van der Waals surface area contributed by atoms with Crippen LogP contribution in [-0.4, -0.2) is 33.1 Å². The fourth-order valence-electron chi connectivity index (χ4n) is 5.81. The number of aromatic nitrogens is 4. The highest BCUT2D eigenvalue weighted by Crippen LogP contribution is 2.31. The number of ether oxygens (including phenoxy) is 2. The molecular weight excluding hydrogens is 582 g/mol. The Morgan fingerprint density at radius 1 is 0.489 bits per heavy atom. The fraction of sp³-hybridized carbons (Fsp3) is 0.200. The fourth-order valence-corrected chi connectivity index (χ4v) is 5.81. The molecule has 4 N–H and O–H groups in total. The summed E-state index contributed by atoms with van der Waals surface area (Å²) >= 11 is 0. The van der Waals surface area contributed by atoms with Gasteiger partial charge in [0.05, 0.1) is 35.3 Å². The van der Waals surface area contributed by atoms with Crippen LogP contribution in [0.15, 0.2) is 121 Å². The number of H-pyrrole nitrogens is 2. The summed E-state index contributed by atoms with van der Waals surface area (Å²) in [4.78, 5) is 16.6. The average molecular weight is 623 g/mol. The van der Waals surface area contributed by atoms with E-state index in [0.717, 1.165) is 102 Å². The number of hydrogen-bond donors (Lipinski definition) is 3. The lowest BCUT2D eigenvalue weighted by Crippen LogP contribution is -2.80. The lowest BCUT2D eigenvalue weighted by Gasteiger charge is -2.10. The van der Waals surface area contributed by atoms with Crippen LogP contribution in [0, 0.1) is 0 Å². The monoisotopic (exact) mass is 622 g/mol. The zero-order valence-electron chi connectivity index (χ0n) is 26.5. The van der Waals surface area contributed by atoms with Crippen molar-refractivity contribution < 1.29 is 14.8 Å². The van der Waals surface area contributed by atoms with E-state index >= 15 is 0 Å². The molecule has 0 spiro atoms. The number of imidazole rings is 2. The molecule has 0 radical (unpaired) electrons. The van der Waals surface area contributed by atoms with Crippen LogP contribution in [0.5, 0.6) is 11.5 Å². The van der Waals surface area contributed by atoms with Crippen molar-refractivity contribution in [3.63, 3.8) is 0 Å². The van der Waals surface area contributed by atoms with E-state index in [1.165, 1.54) is 11.1 Å². The second-order valence-corrected chi connectivity index (χ2v) is 11.9. The minimum Gasteiger partial charge on any atom is -0.494 e. The van der Waals surface area contributed by atoms with Crippen LogP contribution in [0.25, 0.3) is 44.8 Å². The van der Waals surface area contributed by atoms with Crippen molar-refractivity contribution in [3.05, 3.63) is 132 Å². The first-order valence-electron chi connectivity index (χ1n) is 16.5. The van der Waals surface area contributed by atoms with E-state index in [4.69, 9.17) is 19.4 Å². The molecule has 47 heavy (non-hydrogen) atoms. The van der Waals surface area contributed by atoms with Crippen LogP contribution < -0.4 is 14.8 Å². The van der Waals surface area contributed by atoms with Gasteiger partial charge in [-0.3, -0.25) is 0 Å². The maximum Gasteiger partial charge on any atom is 0.138 e. The van der Waals surface area contributed by atoms with Crippen molar-refractivity contribution in [1.29, 1.82) is 0 Å². The first kappa shape index (κ1) is 30.3. The molecule has 0 unspecified atom stereocenters. The molecule has 0 saturated carbocycles. The van der Waals surface area contributed by atoms with Gasteiger partial charge in [0.1, 0.15) is 36.2 Å². The second-order valence-electron chi connectivity index (χ2n) is 11.9. The molecule has 0 fully saturated rings. The molecule has 0 saturated heterocycles. The summed E-state index contributed by atoms with van der Waals surface area (Å²) in [5.74, 6) is 3.36. The Morgan fingerprint density at radius 2 is 1.00 bits per heavy atom. The number of nitrogens with zero attached hydrogens (tertiary/aromatic N) is 2. The Balaban J connectivity index is 0.887. The summed E-state index contributed by atoms with van der Waals surface area (Å²) < 4.78 is 12.3. The summed E-state index contributed by atoms with van der Waals surface area (Å²) in [5, 5.41) is 2.33. The molecule has 7 heteroatoms. The van der Waals surface area contributed by atoms with Gasteiger partial charge < -0.3 is 24.8 Å². The second kappa shape index (κ2) is 14.8. The van der Waals surface area contributed by atoms with Crippen LogP contribution in [0.4, 0.5) is 0 Å². The molecule has 0 bridgehead atoms. The third-order valence-electron chi connectivity index (χ3n) is 8.33. The van der Waals surface area contributed by atoms with Gasteiger partial charge in [0.25, 0.3) is 0 Å². The SMILES string of the molecule is c1ccc(C[NH2+]Cc2ccc(OCCCCCCOc3cc(-c4nc5ccccc5[nH]4)cc(-c4nc5ccccc5[nH]4)c3)cc2)cc1. The number of nitrogens with two attached hydrogens (primary N) is 1. The third kappa shape index (κ3) is 7.88. The highest BCUT2D eigenvalue weighted by Gasteiger charge is 2.13. The van der Waals surface area contributed by atoms with Crippen molar-refractivity contribution in [2.75, 3.05) is 13.2 Å².